The molecule has 0 atom stereocenters. The van der Waals surface area contributed by atoms with E-state index in [-0.39, 0.29) is 36.3 Å². The zero-order chi connectivity index (χ0) is 21.1. The lowest BCUT2D eigenvalue weighted by Gasteiger charge is -2.23. The summed E-state index contributed by atoms with van der Waals surface area (Å²) in [6, 6.07) is 10.2. The van der Waals surface area contributed by atoms with E-state index >= 15 is 0 Å². The highest BCUT2D eigenvalue weighted by atomic mass is 19.1. The summed E-state index contributed by atoms with van der Waals surface area (Å²) >= 11 is 0. The summed E-state index contributed by atoms with van der Waals surface area (Å²) in [6.07, 6.45) is 5.62. The fourth-order valence-electron chi connectivity index (χ4n) is 3.54. The number of halogens is 1. The summed E-state index contributed by atoms with van der Waals surface area (Å²) in [5.74, 6) is 0.103. The van der Waals surface area contributed by atoms with Crippen LogP contribution in [0.3, 0.4) is 0 Å². The normalized spacial score (nSPS) is 13.3. The second-order valence-electron chi connectivity index (χ2n) is 7.56. The molecular weight excluding hydrogens is 383 g/mol. The summed E-state index contributed by atoms with van der Waals surface area (Å²) in [5.41, 5.74) is 2.15. The van der Waals surface area contributed by atoms with Crippen LogP contribution >= 0.6 is 0 Å². The van der Waals surface area contributed by atoms with Crippen LogP contribution in [0.4, 0.5) is 4.39 Å². The molecule has 1 fully saturated rings. The van der Waals surface area contributed by atoms with Gasteiger partial charge in [-0.2, -0.15) is 0 Å². The SMILES string of the molecule is Cc1nc(-c2ccncc2)[nH]c(=O)c1CCC(=O)N(Cc1ccccc1F)C1CC1. The summed E-state index contributed by atoms with van der Waals surface area (Å²) in [7, 11) is 0. The fourth-order valence-corrected chi connectivity index (χ4v) is 3.54. The zero-order valence-corrected chi connectivity index (χ0v) is 16.8. The minimum absolute atomic E-state index is 0.0715. The molecule has 3 aromatic rings. The predicted octanol–water partition coefficient (Wildman–Crippen LogP) is 3.40. The number of amides is 1. The lowest BCUT2D eigenvalue weighted by atomic mass is 10.1. The molecule has 1 aliphatic carbocycles. The van der Waals surface area contributed by atoms with Crippen molar-refractivity contribution in [1.29, 1.82) is 0 Å². The van der Waals surface area contributed by atoms with E-state index < -0.39 is 0 Å². The smallest absolute Gasteiger partial charge is 0.254 e. The molecular formula is C23H23FN4O2. The van der Waals surface area contributed by atoms with Gasteiger partial charge in [0, 0.05) is 53.8 Å². The van der Waals surface area contributed by atoms with Crippen LogP contribution in [0.5, 0.6) is 0 Å². The van der Waals surface area contributed by atoms with E-state index in [0.717, 1.165) is 18.4 Å². The molecule has 4 rings (SSSR count). The number of benzene rings is 1. The van der Waals surface area contributed by atoms with E-state index in [1.807, 2.05) is 0 Å². The molecule has 1 N–H and O–H groups in total. The molecule has 0 saturated heterocycles. The van der Waals surface area contributed by atoms with Crippen LogP contribution in [0.15, 0.2) is 53.6 Å². The lowest BCUT2D eigenvalue weighted by molar-refractivity contribution is -0.132. The number of hydrogen-bond acceptors (Lipinski definition) is 4. The third kappa shape index (κ3) is 4.45. The van der Waals surface area contributed by atoms with Crippen LogP contribution in [0.1, 0.15) is 36.1 Å². The Morgan fingerprint density at radius 3 is 2.60 bits per heavy atom. The average Bonchev–Trinajstić information content (AvgIpc) is 3.58. The number of aromatic amines is 1. The maximum atomic E-state index is 14.0. The van der Waals surface area contributed by atoms with Crippen LogP contribution in [0.2, 0.25) is 0 Å². The molecule has 0 spiro atoms. The number of H-pyrrole nitrogens is 1. The van der Waals surface area contributed by atoms with Gasteiger partial charge in [0.2, 0.25) is 5.91 Å². The van der Waals surface area contributed by atoms with Crippen molar-refractivity contribution in [3.05, 3.63) is 81.8 Å². The van der Waals surface area contributed by atoms with E-state index in [9.17, 15) is 14.0 Å². The first-order chi connectivity index (χ1) is 14.5. The first-order valence-corrected chi connectivity index (χ1v) is 10.1. The Labute approximate surface area is 173 Å². The number of carbonyl (C=O) groups excluding carboxylic acids is 1. The number of carbonyl (C=O) groups is 1. The molecule has 6 nitrogen and oxygen atoms in total. The van der Waals surface area contributed by atoms with E-state index in [4.69, 9.17) is 0 Å². The van der Waals surface area contributed by atoms with E-state index in [1.54, 1.807) is 54.5 Å². The highest BCUT2D eigenvalue weighted by Gasteiger charge is 2.32. The van der Waals surface area contributed by atoms with Crippen molar-refractivity contribution in [2.45, 2.75) is 45.2 Å². The van der Waals surface area contributed by atoms with Crippen molar-refractivity contribution < 1.29 is 9.18 Å². The van der Waals surface area contributed by atoms with Gasteiger partial charge in [0.15, 0.2) is 0 Å². The summed E-state index contributed by atoms with van der Waals surface area (Å²) in [6.45, 7) is 2.03. The maximum Gasteiger partial charge on any atom is 0.254 e. The number of hydrogen-bond donors (Lipinski definition) is 1. The predicted molar refractivity (Wildman–Crippen MR) is 111 cm³/mol. The van der Waals surface area contributed by atoms with Gasteiger partial charge in [-0.05, 0) is 44.4 Å². The van der Waals surface area contributed by atoms with Crippen LogP contribution in [-0.4, -0.2) is 31.8 Å². The number of nitrogens with zero attached hydrogens (tertiary/aromatic N) is 3. The van der Waals surface area contributed by atoms with Gasteiger partial charge in [-0.1, -0.05) is 18.2 Å². The molecule has 1 saturated carbocycles. The largest absolute Gasteiger partial charge is 0.335 e. The van der Waals surface area contributed by atoms with Gasteiger partial charge >= 0.3 is 0 Å². The van der Waals surface area contributed by atoms with Gasteiger partial charge in [0.25, 0.3) is 5.56 Å². The number of aromatic nitrogens is 3. The zero-order valence-electron chi connectivity index (χ0n) is 16.8. The summed E-state index contributed by atoms with van der Waals surface area (Å²) in [4.78, 5) is 38.5. The van der Waals surface area contributed by atoms with Crippen LogP contribution in [0.25, 0.3) is 11.4 Å². The minimum atomic E-state index is -0.306. The maximum absolute atomic E-state index is 14.0. The molecule has 2 aromatic heterocycles. The van der Waals surface area contributed by atoms with Crippen molar-refractivity contribution in [2.24, 2.45) is 0 Å². The van der Waals surface area contributed by atoms with Crippen molar-refractivity contribution >= 4 is 5.91 Å². The van der Waals surface area contributed by atoms with Crippen molar-refractivity contribution in [3.63, 3.8) is 0 Å². The third-order valence-corrected chi connectivity index (χ3v) is 5.37. The molecule has 2 heterocycles. The number of aryl methyl sites for hydroxylation is 1. The molecule has 7 heteroatoms. The number of rotatable bonds is 7. The topological polar surface area (TPSA) is 79.0 Å². The van der Waals surface area contributed by atoms with E-state index in [2.05, 4.69) is 15.0 Å². The van der Waals surface area contributed by atoms with Crippen LogP contribution < -0.4 is 5.56 Å². The van der Waals surface area contributed by atoms with Gasteiger partial charge in [-0.25, -0.2) is 9.37 Å². The first kappa shape index (κ1) is 19.9. The van der Waals surface area contributed by atoms with E-state index in [0.29, 0.717) is 29.1 Å². The summed E-state index contributed by atoms with van der Waals surface area (Å²) in [5, 5.41) is 0. The van der Waals surface area contributed by atoms with Gasteiger partial charge in [0.1, 0.15) is 11.6 Å². The standard InChI is InChI=1S/C23H23FN4O2/c1-15-19(23(30)27-22(26-15)16-10-12-25-13-11-16)8-9-21(29)28(18-6-7-18)14-17-4-2-3-5-20(17)24/h2-5,10-13,18H,6-9,14H2,1H3,(H,26,27,30). The van der Waals surface area contributed by atoms with Crippen LogP contribution in [-0.2, 0) is 17.8 Å². The van der Waals surface area contributed by atoms with Gasteiger partial charge < -0.3 is 9.88 Å². The molecule has 154 valence electrons. The Morgan fingerprint density at radius 1 is 1.20 bits per heavy atom. The van der Waals surface area contributed by atoms with E-state index in [1.165, 1.54) is 6.07 Å². The lowest BCUT2D eigenvalue weighted by Crippen LogP contribution is -2.33. The number of pyridine rings is 1. The average molecular weight is 406 g/mol. The molecule has 0 aliphatic heterocycles. The second-order valence-corrected chi connectivity index (χ2v) is 7.56. The molecule has 0 unspecified atom stereocenters. The Bertz CT molecular complexity index is 1110. The third-order valence-electron chi connectivity index (χ3n) is 5.37. The second kappa shape index (κ2) is 8.57. The monoisotopic (exact) mass is 406 g/mol. The van der Waals surface area contributed by atoms with Crippen molar-refractivity contribution in [2.75, 3.05) is 0 Å². The minimum Gasteiger partial charge on any atom is -0.335 e. The van der Waals surface area contributed by atoms with Gasteiger partial charge in [0.05, 0.1) is 0 Å². The molecule has 1 aromatic carbocycles. The molecule has 30 heavy (non-hydrogen) atoms. The Morgan fingerprint density at radius 2 is 1.93 bits per heavy atom. The molecule has 0 bridgehead atoms. The highest BCUT2D eigenvalue weighted by Crippen LogP contribution is 2.29. The Kier molecular flexibility index (Phi) is 5.70. The van der Waals surface area contributed by atoms with Gasteiger partial charge in [-0.3, -0.25) is 14.6 Å². The fraction of sp³-hybridized carbons (Fsp3) is 0.304. The van der Waals surface area contributed by atoms with Crippen molar-refractivity contribution in [1.82, 2.24) is 19.9 Å². The molecule has 1 aliphatic rings. The quantitative estimate of drug-likeness (QED) is 0.652. The van der Waals surface area contributed by atoms with Crippen LogP contribution in [0, 0.1) is 12.7 Å². The van der Waals surface area contributed by atoms with Crippen molar-refractivity contribution in [3.8, 4) is 11.4 Å². The first-order valence-electron chi connectivity index (χ1n) is 10.1. The highest BCUT2D eigenvalue weighted by molar-refractivity contribution is 5.77. The molecule has 1 amide bonds. The molecule has 0 radical (unpaired) electrons. The Balaban J connectivity index is 1.47. The van der Waals surface area contributed by atoms with Gasteiger partial charge in [-0.15, -0.1) is 0 Å². The summed E-state index contributed by atoms with van der Waals surface area (Å²) < 4.78 is 14.0. The Hall–Kier alpha value is -3.35. The number of nitrogens with one attached hydrogen (secondary N) is 1.